The van der Waals surface area contributed by atoms with Gasteiger partial charge in [-0.05, 0) is 42.7 Å². The molecular weight excluding hydrogens is 307 g/mol. The fourth-order valence-electron chi connectivity index (χ4n) is 3.07. The summed E-state index contributed by atoms with van der Waals surface area (Å²) in [6.07, 6.45) is 1.76. The molecule has 0 aromatic heterocycles. The van der Waals surface area contributed by atoms with Crippen LogP contribution in [0.25, 0.3) is 0 Å². The first kappa shape index (κ1) is 16.5. The highest BCUT2D eigenvalue weighted by molar-refractivity contribution is 5.99. The fraction of sp³-hybridized carbons (Fsp3) is 0.316. The van der Waals surface area contributed by atoms with Crippen LogP contribution in [0.4, 0.5) is 10.1 Å². The van der Waals surface area contributed by atoms with Crippen LogP contribution < -0.4 is 5.32 Å². The Hall–Kier alpha value is -2.40. The number of para-hydroxylation sites is 1. The monoisotopic (exact) mass is 328 g/mol. The molecule has 1 heterocycles. The molecule has 1 saturated heterocycles. The van der Waals surface area contributed by atoms with Gasteiger partial charge in [-0.25, -0.2) is 4.39 Å². The second-order valence-electron chi connectivity index (χ2n) is 6.00. The number of hydrogen-bond acceptors (Lipinski definition) is 3. The Morgan fingerprint density at radius 1 is 1.21 bits per heavy atom. The molecule has 2 aromatic rings. The number of aliphatic hydroxyl groups excluding tert-OH is 1. The topological polar surface area (TPSA) is 52.6 Å². The third kappa shape index (κ3) is 3.57. The van der Waals surface area contributed by atoms with E-state index in [4.69, 9.17) is 0 Å². The van der Waals surface area contributed by atoms with E-state index in [-0.39, 0.29) is 24.4 Å². The zero-order valence-electron chi connectivity index (χ0n) is 13.4. The largest absolute Gasteiger partial charge is 0.394 e. The van der Waals surface area contributed by atoms with Gasteiger partial charge in [-0.3, -0.25) is 4.79 Å². The number of nitrogens with zero attached hydrogens (tertiary/aromatic N) is 1. The fourth-order valence-corrected chi connectivity index (χ4v) is 3.07. The average molecular weight is 328 g/mol. The number of hydrogen-bond donors (Lipinski definition) is 2. The SMILES string of the molecule is O=C(c1ccccc1NCc1ccc(F)cc1)N1CCCC1CO. The van der Waals surface area contributed by atoms with Crippen molar-refractivity contribution >= 4 is 11.6 Å². The molecule has 0 bridgehead atoms. The average Bonchev–Trinajstić information content (AvgIpc) is 3.09. The molecule has 1 atom stereocenters. The predicted molar refractivity (Wildman–Crippen MR) is 91.3 cm³/mol. The lowest BCUT2D eigenvalue weighted by Crippen LogP contribution is -2.37. The second-order valence-corrected chi connectivity index (χ2v) is 6.00. The zero-order valence-corrected chi connectivity index (χ0v) is 13.4. The molecule has 1 aliphatic rings. The maximum Gasteiger partial charge on any atom is 0.256 e. The number of benzene rings is 2. The molecule has 1 unspecified atom stereocenters. The number of amides is 1. The number of rotatable bonds is 5. The third-order valence-electron chi connectivity index (χ3n) is 4.40. The molecule has 1 amide bonds. The van der Waals surface area contributed by atoms with Crippen molar-refractivity contribution in [1.82, 2.24) is 4.90 Å². The number of anilines is 1. The van der Waals surface area contributed by atoms with Crippen molar-refractivity contribution in [2.45, 2.75) is 25.4 Å². The van der Waals surface area contributed by atoms with E-state index >= 15 is 0 Å². The van der Waals surface area contributed by atoms with Crippen molar-refractivity contribution < 1.29 is 14.3 Å². The Labute approximate surface area is 140 Å². The lowest BCUT2D eigenvalue weighted by molar-refractivity contribution is 0.0678. The van der Waals surface area contributed by atoms with Crippen molar-refractivity contribution in [1.29, 1.82) is 0 Å². The lowest BCUT2D eigenvalue weighted by atomic mass is 10.1. The van der Waals surface area contributed by atoms with Crippen LogP contribution in [0.5, 0.6) is 0 Å². The van der Waals surface area contributed by atoms with Gasteiger partial charge < -0.3 is 15.3 Å². The molecule has 4 nitrogen and oxygen atoms in total. The highest BCUT2D eigenvalue weighted by Gasteiger charge is 2.29. The minimum atomic E-state index is -0.265. The molecule has 3 rings (SSSR count). The second kappa shape index (κ2) is 7.45. The van der Waals surface area contributed by atoms with Gasteiger partial charge in [0.1, 0.15) is 5.82 Å². The molecular formula is C19H21FN2O2. The molecule has 1 aliphatic heterocycles. The van der Waals surface area contributed by atoms with E-state index in [1.54, 1.807) is 23.1 Å². The van der Waals surface area contributed by atoms with Gasteiger partial charge in [0.2, 0.25) is 0 Å². The van der Waals surface area contributed by atoms with Gasteiger partial charge in [0.25, 0.3) is 5.91 Å². The summed E-state index contributed by atoms with van der Waals surface area (Å²) in [4.78, 5) is 14.6. The van der Waals surface area contributed by atoms with Gasteiger partial charge >= 0.3 is 0 Å². The van der Waals surface area contributed by atoms with Crippen molar-refractivity contribution in [2.75, 3.05) is 18.5 Å². The van der Waals surface area contributed by atoms with Crippen molar-refractivity contribution in [3.63, 3.8) is 0 Å². The summed E-state index contributed by atoms with van der Waals surface area (Å²) in [6, 6.07) is 13.5. The maximum absolute atomic E-state index is 13.0. The molecule has 24 heavy (non-hydrogen) atoms. The molecule has 0 saturated carbocycles. The van der Waals surface area contributed by atoms with Crippen LogP contribution in [0.15, 0.2) is 48.5 Å². The molecule has 0 spiro atoms. The van der Waals surface area contributed by atoms with Gasteiger partial charge in [0.05, 0.1) is 18.2 Å². The minimum Gasteiger partial charge on any atom is -0.394 e. The number of halogens is 1. The number of carbonyl (C=O) groups is 1. The molecule has 5 heteroatoms. The first-order chi connectivity index (χ1) is 11.7. The van der Waals surface area contributed by atoms with Crippen LogP contribution in [0.1, 0.15) is 28.8 Å². The van der Waals surface area contributed by atoms with Crippen LogP contribution >= 0.6 is 0 Å². The maximum atomic E-state index is 13.0. The number of aliphatic hydroxyl groups is 1. The first-order valence-corrected chi connectivity index (χ1v) is 8.18. The van der Waals surface area contributed by atoms with Crippen LogP contribution in [0, 0.1) is 5.82 Å². The zero-order chi connectivity index (χ0) is 16.9. The van der Waals surface area contributed by atoms with Gasteiger partial charge in [0, 0.05) is 18.8 Å². The Morgan fingerprint density at radius 2 is 1.96 bits per heavy atom. The van der Waals surface area contributed by atoms with Crippen molar-refractivity contribution in [3.05, 3.63) is 65.5 Å². The summed E-state index contributed by atoms with van der Waals surface area (Å²) in [7, 11) is 0. The third-order valence-corrected chi connectivity index (χ3v) is 4.40. The van der Waals surface area contributed by atoms with E-state index in [1.807, 2.05) is 18.2 Å². The summed E-state index contributed by atoms with van der Waals surface area (Å²) in [6.45, 7) is 1.18. The first-order valence-electron chi connectivity index (χ1n) is 8.18. The normalized spacial score (nSPS) is 17.1. The molecule has 0 aliphatic carbocycles. The van der Waals surface area contributed by atoms with Crippen LogP contribution in [-0.4, -0.2) is 35.1 Å². The quantitative estimate of drug-likeness (QED) is 0.887. The highest BCUT2D eigenvalue weighted by Crippen LogP contribution is 2.24. The summed E-state index contributed by atoms with van der Waals surface area (Å²) in [5.41, 5.74) is 2.28. The minimum absolute atomic E-state index is 0.00306. The Kier molecular flexibility index (Phi) is 5.11. The van der Waals surface area contributed by atoms with Gasteiger partial charge in [-0.2, -0.15) is 0 Å². The van der Waals surface area contributed by atoms with E-state index in [2.05, 4.69) is 5.32 Å². The van der Waals surface area contributed by atoms with Crippen molar-refractivity contribution in [3.8, 4) is 0 Å². The van der Waals surface area contributed by atoms with Gasteiger partial charge in [-0.1, -0.05) is 24.3 Å². The molecule has 0 radical (unpaired) electrons. The van der Waals surface area contributed by atoms with Crippen LogP contribution in [0.3, 0.4) is 0 Å². The van der Waals surface area contributed by atoms with E-state index in [0.29, 0.717) is 18.7 Å². The van der Waals surface area contributed by atoms with E-state index in [1.165, 1.54) is 12.1 Å². The van der Waals surface area contributed by atoms with Crippen LogP contribution in [0.2, 0.25) is 0 Å². The lowest BCUT2D eigenvalue weighted by Gasteiger charge is -2.24. The highest BCUT2D eigenvalue weighted by atomic mass is 19.1. The summed E-state index contributed by atoms with van der Waals surface area (Å²) in [5, 5.41) is 12.7. The van der Waals surface area contributed by atoms with Gasteiger partial charge in [0.15, 0.2) is 0 Å². The van der Waals surface area contributed by atoms with E-state index < -0.39 is 0 Å². The molecule has 2 N–H and O–H groups in total. The van der Waals surface area contributed by atoms with Gasteiger partial charge in [-0.15, -0.1) is 0 Å². The molecule has 126 valence electrons. The predicted octanol–water partition coefficient (Wildman–Crippen LogP) is 3.03. The Morgan fingerprint density at radius 3 is 2.71 bits per heavy atom. The van der Waals surface area contributed by atoms with E-state index in [0.717, 1.165) is 24.1 Å². The summed E-state index contributed by atoms with van der Waals surface area (Å²) < 4.78 is 13.0. The molecule has 2 aromatic carbocycles. The number of nitrogens with one attached hydrogen (secondary N) is 1. The molecule has 1 fully saturated rings. The standard InChI is InChI=1S/C19H21FN2O2/c20-15-9-7-14(8-10-15)12-21-18-6-2-1-5-17(18)19(24)22-11-3-4-16(22)13-23/h1-2,5-10,16,21,23H,3-4,11-13H2. The Balaban J connectivity index is 1.75. The van der Waals surface area contributed by atoms with Crippen molar-refractivity contribution in [2.24, 2.45) is 0 Å². The van der Waals surface area contributed by atoms with Crippen LogP contribution in [-0.2, 0) is 6.54 Å². The van der Waals surface area contributed by atoms with E-state index in [9.17, 15) is 14.3 Å². The smallest absolute Gasteiger partial charge is 0.256 e. The summed E-state index contributed by atoms with van der Waals surface area (Å²) >= 11 is 0. The number of carbonyl (C=O) groups excluding carboxylic acids is 1. The summed E-state index contributed by atoms with van der Waals surface area (Å²) in [5.74, 6) is -0.327. The Bertz CT molecular complexity index is 703. The number of likely N-dealkylation sites (tertiary alicyclic amines) is 1.